The third-order valence-corrected chi connectivity index (χ3v) is 3.72. The van der Waals surface area contributed by atoms with Gasteiger partial charge >= 0.3 is 0 Å². The SMILES string of the molecule is COc1ccc(NC(=O)c2ccc(C(=O)NCC(C)C)cc2)cc1OC. The molecule has 0 bridgehead atoms. The zero-order valence-corrected chi connectivity index (χ0v) is 15.5. The van der Waals surface area contributed by atoms with Crippen molar-refractivity contribution in [3.8, 4) is 11.5 Å². The van der Waals surface area contributed by atoms with Crippen molar-refractivity contribution in [1.29, 1.82) is 0 Å². The number of hydrogen-bond acceptors (Lipinski definition) is 4. The molecule has 0 aliphatic rings. The monoisotopic (exact) mass is 356 g/mol. The summed E-state index contributed by atoms with van der Waals surface area (Å²) in [6.07, 6.45) is 0. The van der Waals surface area contributed by atoms with Gasteiger partial charge in [0.25, 0.3) is 11.8 Å². The number of ether oxygens (including phenoxy) is 2. The summed E-state index contributed by atoms with van der Waals surface area (Å²) in [7, 11) is 3.08. The average Bonchev–Trinajstić information content (AvgIpc) is 2.65. The van der Waals surface area contributed by atoms with Crippen LogP contribution in [-0.4, -0.2) is 32.6 Å². The Bertz CT molecular complexity index is 770. The summed E-state index contributed by atoms with van der Waals surface area (Å²) in [5, 5.41) is 5.64. The molecule has 26 heavy (non-hydrogen) atoms. The lowest BCUT2D eigenvalue weighted by molar-refractivity contribution is 0.0947. The van der Waals surface area contributed by atoms with Crippen molar-refractivity contribution >= 4 is 17.5 Å². The van der Waals surface area contributed by atoms with Gasteiger partial charge in [-0.05, 0) is 42.3 Å². The van der Waals surface area contributed by atoms with Crippen LogP contribution in [-0.2, 0) is 0 Å². The maximum absolute atomic E-state index is 12.4. The number of carbonyl (C=O) groups is 2. The average molecular weight is 356 g/mol. The summed E-state index contributed by atoms with van der Waals surface area (Å²) in [6, 6.07) is 11.7. The van der Waals surface area contributed by atoms with E-state index in [9.17, 15) is 9.59 Å². The van der Waals surface area contributed by atoms with Crippen molar-refractivity contribution in [1.82, 2.24) is 5.32 Å². The first kappa shape index (κ1) is 19.3. The van der Waals surface area contributed by atoms with Crippen LogP contribution in [0.25, 0.3) is 0 Å². The molecule has 2 N–H and O–H groups in total. The molecule has 0 saturated heterocycles. The first-order chi connectivity index (χ1) is 12.4. The van der Waals surface area contributed by atoms with E-state index in [1.807, 2.05) is 13.8 Å². The lowest BCUT2D eigenvalue weighted by atomic mass is 10.1. The number of hydrogen-bond donors (Lipinski definition) is 2. The van der Waals surface area contributed by atoms with Gasteiger partial charge in [-0.15, -0.1) is 0 Å². The standard InChI is InChI=1S/C20H24N2O4/c1-13(2)12-21-19(23)14-5-7-15(8-6-14)20(24)22-16-9-10-17(25-3)18(11-16)26-4/h5-11,13H,12H2,1-4H3,(H,21,23)(H,22,24). The molecule has 0 radical (unpaired) electrons. The van der Waals surface area contributed by atoms with Gasteiger partial charge in [0.05, 0.1) is 14.2 Å². The fourth-order valence-corrected chi connectivity index (χ4v) is 2.29. The van der Waals surface area contributed by atoms with Crippen LogP contribution < -0.4 is 20.1 Å². The Balaban J connectivity index is 2.05. The Hall–Kier alpha value is -3.02. The molecule has 0 saturated carbocycles. The highest BCUT2D eigenvalue weighted by Gasteiger charge is 2.11. The molecule has 6 heteroatoms. The zero-order chi connectivity index (χ0) is 19.1. The summed E-state index contributed by atoms with van der Waals surface area (Å²) in [4.78, 5) is 24.4. The minimum atomic E-state index is -0.272. The van der Waals surface area contributed by atoms with Crippen LogP contribution in [0, 0.1) is 5.92 Å². The fourth-order valence-electron chi connectivity index (χ4n) is 2.29. The normalized spacial score (nSPS) is 10.3. The van der Waals surface area contributed by atoms with Crippen LogP contribution in [0.1, 0.15) is 34.6 Å². The highest BCUT2D eigenvalue weighted by molar-refractivity contribution is 6.05. The summed E-state index contributed by atoms with van der Waals surface area (Å²) in [6.45, 7) is 4.67. The van der Waals surface area contributed by atoms with E-state index >= 15 is 0 Å². The van der Waals surface area contributed by atoms with Gasteiger partial charge in [0.15, 0.2) is 11.5 Å². The molecule has 0 spiro atoms. The van der Waals surface area contributed by atoms with Crippen molar-refractivity contribution in [3.05, 3.63) is 53.6 Å². The van der Waals surface area contributed by atoms with Crippen molar-refractivity contribution < 1.29 is 19.1 Å². The van der Waals surface area contributed by atoms with Crippen LogP contribution in [0.3, 0.4) is 0 Å². The van der Waals surface area contributed by atoms with Crippen molar-refractivity contribution in [2.24, 2.45) is 5.92 Å². The fraction of sp³-hybridized carbons (Fsp3) is 0.300. The lowest BCUT2D eigenvalue weighted by Crippen LogP contribution is -2.27. The Morgan fingerprint density at radius 2 is 1.46 bits per heavy atom. The predicted molar refractivity (Wildman–Crippen MR) is 101 cm³/mol. The first-order valence-electron chi connectivity index (χ1n) is 8.36. The Morgan fingerprint density at radius 1 is 0.885 bits per heavy atom. The van der Waals surface area contributed by atoms with E-state index in [0.29, 0.717) is 40.8 Å². The maximum atomic E-state index is 12.4. The predicted octanol–water partition coefficient (Wildman–Crippen LogP) is 3.34. The minimum absolute atomic E-state index is 0.148. The number of amides is 2. The van der Waals surface area contributed by atoms with Crippen molar-refractivity contribution in [3.63, 3.8) is 0 Å². The maximum Gasteiger partial charge on any atom is 0.255 e. The highest BCUT2D eigenvalue weighted by Crippen LogP contribution is 2.29. The lowest BCUT2D eigenvalue weighted by Gasteiger charge is -2.11. The molecule has 2 aromatic rings. The second kappa shape index (κ2) is 8.89. The van der Waals surface area contributed by atoms with E-state index in [2.05, 4.69) is 10.6 Å². The Kier molecular flexibility index (Phi) is 6.60. The number of carbonyl (C=O) groups excluding carboxylic acids is 2. The highest BCUT2D eigenvalue weighted by atomic mass is 16.5. The van der Waals surface area contributed by atoms with Gasteiger partial charge in [-0.3, -0.25) is 9.59 Å². The third-order valence-electron chi connectivity index (χ3n) is 3.72. The number of methoxy groups -OCH3 is 2. The van der Waals surface area contributed by atoms with E-state index in [1.165, 1.54) is 7.11 Å². The van der Waals surface area contributed by atoms with Crippen molar-refractivity contribution in [2.45, 2.75) is 13.8 Å². The topological polar surface area (TPSA) is 76.7 Å². The second-order valence-electron chi connectivity index (χ2n) is 6.21. The van der Waals surface area contributed by atoms with Gasteiger partial charge in [-0.25, -0.2) is 0 Å². The summed E-state index contributed by atoms with van der Waals surface area (Å²) >= 11 is 0. The molecule has 0 aromatic heterocycles. The van der Waals surface area contributed by atoms with Crippen LogP contribution in [0.4, 0.5) is 5.69 Å². The molecule has 2 amide bonds. The van der Waals surface area contributed by atoms with Crippen LogP contribution in [0.5, 0.6) is 11.5 Å². The summed E-state index contributed by atoms with van der Waals surface area (Å²) < 4.78 is 10.4. The molecule has 0 unspecified atom stereocenters. The number of nitrogens with one attached hydrogen (secondary N) is 2. The molecule has 2 aromatic carbocycles. The molecular weight excluding hydrogens is 332 g/mol. The molecule has 0 fully saturated rings. The number of anilines is 1. The smallest absolute Gasteiger partial charge is 0.255 e. The summed E-state index contributed by atoms with van der Waals surface area (Å²) in [5.74, 6) is 1.08. The van der Waals surface area contributed by atoms with E-state index < -0.39 is 0 Å². The molecule has 6 nitrogen and oxygen atoms in total. The first-order valence-corrected chi connectivity index (χ1v) is 8.36. The van der Waals surface area contributed by atoms with E-state index in [1.54, 1.807) is 49.6 Å². The van der Waals surface area contributed by atoms with Gasteiger partial charge in [0, 0.05) is 29.4 Å². The van der Waals surface area contributed by atoms with Crippen LogP contribution >= 0.6 is 0 Å². The third kappa shape index (κ3) is 4.99. The quantitative estimate of drug-likeness (QED) is 0.798. The Morgan fingerprint density at radius 3 is 2.00 bits per heavy atom. The number of benzene rings is 2. The molecule has 0 aliphatic carbocycles. The van der Waals surface area contributed by atoms with Gasteiger partial charge in [-0.1, -0.05) is 13.8 Å². The van der Waals surface area contributed by atoms with Crippen LogP contribution in [0.15, 0.2) is 42.5 Å². The van der Waals surface area contributed by atoms with E-state index in [-0.39, 0.29) is 11.8 Å². The molecule has 138 valence electrons. The van der Waals surface area contributed by atoms with E-state index in [4.69, 9.17) is 9.47 Å². The number of rotatable bonds is 7. The second-order valence-corrected chi connectivity index (χ2v) is 6.21. The van der Waals surface area contributed by atoms with Gasteiger partial charge < -0.3 is 20.1 Å². The molecule has 0 aliphatic heterocycles. The van der Waals surface area contributed by atoms with E-state index in [0.717, 1.165) is 0 Å². The van der Waals surface area contributed by atoms with Gasteiger partial charge in [0.2, 0.25) is 0 Å². The minimum Gasteiger partial charge on any atom is -0.493 e. The molecule has 0 heterocycles. The molecule has 2 rings (SSSR count). The summed E-state index contributed by atoms with van der Waals surface area (Å²) in [5.41, 5.74) is 1.57. The Labute approximate surface area is 153 Å². The largest absolute Gasteiger partial charge is 0.493 e. The van der Waals surface area contributed by atoms with Crippen LogP contribution in [0.2, 0.25) is 0 Å². The van der Waals surface area contributed by atoms with Gasteiger partial charge in [0.1, 0.15) is 0 Å². The molecular formula is C20H24N2O4. The zero-order valence-electron chi connectivity index (χ0n) is 15.5. The van der Waals surface area contributed by atoms with Gasteiger partial charge in [-0.2, -0.15) is 0 Å². The van der Waals surface area contributed by atoms with Crippen molar-refractivity contribution in [2.75, 3.05) is 26.1 Å². The molecule has 0 atom stereocenters.